The number of likely N-dealkylation sites (tertiary alicyclic amines) is 1. The van der Waals surface area contributed by atoms with Crippen LogP contribution in [0.5, 0.6) is 5.88 Å². The average Bonchev–Trinajstić information content (AvgIpc) is 2.87. The van der Waals surface area contributed by atoms with Crippen LogP contribution in [0.2, 0.25) is 0 Å². The summed E-state index contributed by atoms with van der Waals surface area (Å²) in [5.74, 6) is -1.19. The lowest BCUT2D eigenvalue weighted by atomic mass is 9.95. The lowest BCUT2D eigenvalue weighted by molar-refractivity contribution is -0.122. The Balaban J connectivity index is 1.62. The number of ether oxygens (including phenoxy) is 2. The molecule has 13 heteroatoms. The van der Waals surface area contributed by atoms with Crippen LogP contribution < -0.4 is 14.8 Å². The van der Waals surface area contributed by atoms with E-state index in [4.69, 9.17) is 9.47 Å². The minimum atomic E-state index is -4.22. The van der Waals surface area contributed by atoms with E-state index in [9.17, 15) is 18.0 Å². The number of nitrogens with one attached hydrogen (secondary N) is 2. The summed E-state index contributed by atoms with van der Waals surface area (Å²) in [5.41, 5.74) is 2.38. The van der Waals surface area contributed by atoms with Crippen molar-refractivity contribution in [2.45, 2.75) is 57.8 Å². The second-order valence-electron chi connectivity index (χ2n) is 11.2. The van der Waals surface area contributed by atoms with Gasteiger partial charge in [-0.3, -0.25) is 4.79 Å². The lowest BCUT2D eigenvalue weighted by Crippen LogP contribution is -2.52. The highest BCUT2D eigenvalue weighted by Crippen LogP contribution is 2.31. The van der Waals surface area contributed by atoms with Crippen LogP contribution in [-0.4, -0.2) is 65.1 Å². The third kappa shape index (κ3) is 6.40. The van der Waals surface area contributed by atoms with Gasteiger partial charge in [0.05, 0.1) is 18.2 Å². The average molecular weight is 581 g/mol. The number of piperidine rings is 1. The highest BCUT2D eigenvalue weighted by molar-refractivity contribution is 7.92. The third-order valence-electron chi connectivity index (χ3n) is 6.64. The number of aromatic nitrogens is 3. The molecule has 2 aliphatic rings. The molecular formula is C28H32N6O6S. The van der Waals surface area contributed by atoms with E-state index in [1.165, 1.54) is 23.1 Å². The summed E-state index contributed by atoms with van der Waals surface area (Å²) in [6.45, 7) is 9.38. The van der Waals surface area contributed by atoms with Gasteiger partial charge in [0.25, 0.3) is 10.0 Å². The lowest BCUT2D eigenvalue weighted by Gasteiger charge is -2.37. The molecule has 6 bridgehead atoms. The Hall–Kier alpha value is -4.26. The molecule has 216 valence electrons. The molecule has 2 N–H and O–H groups in total. The molecule has 5 rings (SSSR count). The van der Waals surface area contributed by atoms with Crippen molar-refractivity contribution in [3.05, 3.63) is 53.6 Å². The van der Waals surface area contributed by atoms with E-state index in [1.54, 1.807) is 26.8 Å². The SMILES string of the molecule is Cc1cccc(C)c1-c1cc2nc(n1)NS(=O)(=O)c1cccc(n1)NC(=O)C1CC(CN(C(=O)OC(C)(C)C)C1)O2. The van der Waals surface area contributed by atoms with Gasteiger partial charge < -0.3 is 19.7 Å². The van der Waals surface area contributed by atoms with Crippen molar-refractivity contribution in [1.29, 1.82) is 0 Å². The van der Waals surface area contributed by atoms with Crippen LogP contribution in [0.3, 0.4) is 0 Å². The molecule has 4 heterocycles. The van der Waals surface area contributed by atoms with Crippen LogP contribution in [-0.2, 0) is 19.6 Å². The summed E-state index contributed by atoms with van der Waals surface area (Å²) in [7, 11) is -4.22. The topological polar surface area (TPSA) is 153 Å². The minimum absolute atomic E-state index is 0.0488. The molecule has 1 aromatic carbocycles. The van der Waals surface area contributed by atoms with Gasteiger partial charge in [0, 0.05) is 18.2 Å². The Morgan fingerprint density at radius 3 is 2.46 bits per heavy atom. The first kappa shape index (κ1) is 28.3. The molecule has 1 saturated heterocycles. The molecule has 0 spiro atoms. The van der Waals surface area contributed by atoms with Gasteiger partial charge in [0.2, 0.25) is 17.7 Å². The number of nitrogens with zero attached hydrogens (tertiary/aromatic N) is 4. The molecule has 2 atom stereocenters. The molecule has 2 unspecified atom stereocenters. The van der Waals surface area contributed by atoms with Gasteiger partial charge in [-0.2, -0.15) is 13.4 Å². The summed E-state index contributed by atoms with van der Waals surface area (Å²) in [4.78, 5) is 40.8. The Morgan fingerprint density at radius 1 is 1.05 bits per heavy atom. The molecule has 1 fully saturated rings. The van der Waals surface area contributed by atoms with Crippen molar-refractivity contribution in [2.24, 2.45) is 5.92 Å². The van der Waals surface area contributed by atoms with E-state index in [1.807, 2.05) is 32.0 Å². The third-order valence-corrected chi connectivity index (χ3v) is 7.87. The van der Waals surface area contributed by atoms with Gasteiger partial charge in [-0.15, -0.1) is 0 Å². The summed E-state index contributed by atoms with van der Waals surface area (Å²) < 4.78 is 40.8. The van der Waals surface area contributed by atoms with Crippen molar-refractivity contribution < 1.29 is 27.5 Å². The highest BCUT2D eigenvalue weighted by atomic mass is 32.2. The molecule has 12 nitrogen and oxygen atoms in total. The number of amides is 2. The molecular weight excluding hydrogens is 548 g/mol. The summed E-state index contributed by atoms with van der Waals surface area (Å²) in [6.07, 6.45) is -0.953. The smallest absolute Gasteiger partial charge is 0.410 e. The number of anilines is 2. The van der Waals surface area contributed by atoms with E-state index in [0.717, 1.165) is 16.7 Å². The number of fused-ring (bicyclic) bond motifs is 6. The number of hydrogen-bond acceptors (Lipinski definition) is 9. The van der Waals surface area contributed by atoms with Crippen molar-refractivity contribution >= 4 is 33.8 Å². The monoisotopic (exact) mass is 580 g/mol. The summed E-state index contributed by atoms with van der Waals surface area (Å²) >= 11 is 0. The number of rotatable bonds is 1. The van der Waals surface area contributed by atoms with E-state index in [0.29, 0.717) is 5.69 Å². The Labute approximate surface area is 238 Å². The molecule has 3 aromatic rings. The maximum Gasteiger partial charge on any atom is 0.410 e. The van der Waals surface area contributed by atoms with Crippen LogP contribution in [0.15, 0.2) is 47.5 Å². The number of pyridine rings is 1. The zero-order valence-corrected chi connectivity index (χ0v) is 24.3. The summed E-state index contributed by atoms with van der Waals surface area (Å²) in [6, 6.07) is 11.7. The van der Waals surface area contributed by atoms with Crippen LogP contribution in [0.1, 0.15) is 38.3 Å². The fourth-order valence-electron chi connectivity index (χ4n) is 4.89. The molecule has 0 saturated carbocycles. The molecule has 0 aliphatic carbocycles. The maximum absolute atomic E-state index is 13.3. The van der Waals surface area contributed by atoms with Gasteiger partial charge in [-0.05, 0) is 64.3 Å². The quantitative estimate of drug-likeness (QED) is 0.436. The molecule has 2 amide bonds. The zero-order valence-electron chi connectivity index (χ0n) is 23.5. The van der Waals surface area contributed by atoms with Crippen molar-refractivity contribution in [3.63, 3.8) is 0 Å². The Morgan fingerprint density at radius 2 is 1.76 bits per heavy atom. The number of benzene rings is 1. The van der Waals surface area contributed by atoms with Gasteiger partial charge >= 0.3 is 6.09 Å². The largest absolute Gasteiger partial charge is 0.472 e. The van der Waals surface area contributed by atoms with E-state index in [-0.39, 0.29) is 42.2 Å². The second kappa shape index (κ2) is 10.6. The number of aryl methyl sites for hydroxylation is 2. The number of carbonyl (C=O) groups excluding carboxylic acids is 2. The number of hydrogen-bond donors (Lipinski definition) is 2. The normalized spacial score (nSPS) is 20.1. The van der Waals surface area contributed by atoms with Crippen LogP contribution in [0, 0.1) is 19.8 Å². The van der Waals surface area contributed by atoms with Crippen LogP contribution in [0.25, 0.3) is 11.3 Å². The Bertz CT molecular complexity index is 1600. The maximum atomic E-state index is 13.3. The van der Waals surface area contributed by atoms with Crippen LogP contribution in [0.4, 0.5) is 16.6 Å². The molecule has 0 radical (unpaired) electrons. The Kier molecular flexibility index (Phi) is 7.32. The summed E-state index contributed by atoms with van der Waals surface area (Å²) in [5, 5.41) is 2.35. The molecule has 41 heavy (non-hydrogen) atoms. The highest BCUT2D eigenvalue weighted by Gasteiger charge is 2.37. The van der Waals surface area contributed by atoms with E-state index in [2.05, 4.69) is 25.0 Å². The standard InChI is InChI=1S/C28H32N6O6S/c1-16-8-6-9-17(2)24(16)20-13-22-32-26(29-20)33-41(37,38)23-11-7-10-21(30-23)31-25(35)18-12-19(39-22)15-34(14-18)27(36)40-28(3,4)5/h6-11,13,18-19H,12,14-15H2,1-5H3,(H,29,32,33)(H,30,31,35). The van der Waals surface area contributed by atoms with E-state index < -0.39 is 39.6 Å². The van der Waals surface area contributed by atoms with Crippen molar-refractivity contribution in [3.8, 4) is 17.1 Å². The van der Waals surface area contributed by atoms with Gasteiger partial charge in [0.15, 0.2) is 5.03 Å². The van der Waals surface area contributed by atoms with Crippen molar-refractivity contribution in [2.75, 3.05) is 23.1 Å². The van der Waals surface area contributed by atoms with Gasteiger partial charge in [-0.1, -0.05) is 24.3 Å². The van der Waals surface area contributed by atoms with Crippen molar-refractivity contribution in [1.82, 2.24) is 19.9 Å². The zero-order chi connectivity index (χ0) is 29.5. The first-order chi connectivity index (χ1) is 19.3. The predicted octanol–water partition coefficient (Wildman–Crippen LogP) is 3.91. The number of carbonyl (C=O) groups is 2. The minimum Gasteiger partial charge on any atom is -0.472 e. The number of sulfonamides is 1. The van der Waals surface area contributed by atoms with Gasteiger partial charge in [0.1, 0.15) is 17.5 Å². The second-order valence-corrected chi connectivity index (χ2v) is 12.8. The van der Waals surface area contributed by atoms with Gasteiger partial charge in [-0.25, -0.2) is 19.5 Å². The van der Waals surface area contributed by atoms with E-state index >= 15 is 0 Å². The molecule has 2 aromatic heterocycles. The predicted molar refractivity (Wildman–Crippen MR) is 151 cm³/mol. The fraction of sp³-hybridized carbons (Fsp3) is 0.393. The molecule has 2 aliphatic heterocycles. The first-order valence-corrected chi connectivity index (χ1v) is 14.7. The van der Waals surface area contributed by atoms with Crippen LogP contribution >= 0.6 is 0 Å². The first-order valence-electron chi connectivity index (χ1n) is 13.2. The fourth-order valence-corrected chi connectivity index (χ4v) is 5.80.